The molecule has 12 rings (SSSR count). The first kappa shape index (κ1) is 38.8. The molecule has 2 aliphatic carbocycles. The average Bonchev–Trinajstić information content (AvgIpc) is 4.10. The summed E-state index contributed by atoms with van der Waals surface area (Å²) in [5, 5.41) is 2.43. The Kier molecular flexibility index (Phi) is 9.98. The van der Waals surface area contributed by atoms with Crippen LogP contribution in [-0.2, 0) is 0 Å². The van der Waals surface area contributed by atoms with Crippen molar-refractivity contribution in [3.05, 3.63) is 242 Å². The number of hydrogen-bond acceptors (Lipinski definition) is 3. The van der Waals surface area contributed by atoms with Gasteiger partial charge in [0.2, 0.25) is 0 Å². The van der Waals surface area contributed by atoms with Gasteiger partial charge in [-0.05, 0) is 164 Å². The highest BCUT2D eigenvalue weighted by Crippen LogP contribution is 2.53. The van der Waals surface area contributed by atoms with E-state index in [1.54, 1.807) is 0 Å². The van der Waals surface area contributed by atoms with Gasteiger partial charge in [0, 0.05) is 67.6 Å². The number of aromatic nitrogens is 1. The van der Waals surface area contributed by atoms with Crippen LogP contribution in [0.25, 0.3) is 27.5 Å². The molecule has 4 heteroatoms. The summed E-state index contributed by atoms with van der Waals surface area (Å²) in [5.41, 5.74) is 14.9. The molecule has 2 fully saturated rings. The monoisotopic (exact) mass is 838 g/mol. The summed E-state index contributed by atoms with van der Waals surface area (Å²) in [6.45, 7) is 0. The predicted octanol–water partition coefficient (Wildman–Crippen LogP) is 17.1. The Bertz CT molecular complexity index is 3200. The van der Waals surface area contributed by atoms with Crippen molar-refractivity contribution in [3.63, 3.8) is 0 Å². The number of rotatable bonds is 11. The number of hydrogen-bond donors (Lipinski definition) is 0. The van der Waals surface area contributed by atoms with Gasteiger partial charge in [0.05, 0.1) is 11.0 Å². The molecule has 0 amide bonds. The maximum Gasteiger partial charge on any atom is 0.0542 e. The zero-order valence-corrected chi connectivity index (χ0v) is 36.4. The van der Waals surface area contributed by atoms with Crippen molar-refractivity contribution in [2.24, 2.45) is 11.8 Å². The second kappa shape index (κ2) is 16.7. The Hall–Kier alpha value is -7.82. The fourth-order valence-electron chi connectivity index (χ4n) is 11.1. The molecule has 0 saturated heterocycles. The highest BCUT2D eigenvalue weighted by molar-refractivity contribution is 6.10. The van der Waals surface area contributed by atoms with Gasteiger partial charge in [-0.25, -0.2) is 0 Å². The summed E-state index contributed by atoms with van der Waals surface area (Å²) < 4.78 is 2.39. The largest absolute Gasteiger partial charge is 0.310 e. The minimum Gasteiger partial charge on any atom is -0.310 e. The molecule has 2 bridgehead atoms. The number of nitrogens with zero attached hydrogens (tertiary/aromatic N) is 4. The van der Waals surface area contributed by atoms with E-state index in [9.17, 15) is 0 Å². The van der Waals surface area contributed by atoms with E-state index in [-0.39, 0.29) is 0 Å². The van der Waals surface area contributed by atoms with Crippen molar-refractivity contribution in [2.45, 2.75) is 31.6 Å². The molecule has 2 saturated carbocycles. The molecule has 3 unspecified atom stereocenters. The van der Waals surface area contributed by atoms with Crippen molar-refractivity contribution in [2.75, 3.05) is 14.7 Å². The molecule has 1 heterocycles. The molecular weight excluding hydrogens is 789 g/mol. The van der Waals surface area contributed by atoms with Crippen molar-refractivity contribution in [1.29, 1.82) is 0 Å². The lowest BCUT2D eigenvalue weighted by Crippen LogP contribution is -2.14. The van der Waals surface area contributed by atoms with E-state index in [0.29, 0.717) is 5.92 Å². The Balaban J connectivity index is 1.02. The molecule has 0 spiro atoms. The topological polar surface area (TPSA) is 14.7 Å². The highest BCUT2D eigenvalue weighted by Gasteiger charge is 2.40. The lowest BCUT2D eigenvalue weighted by Gasteiger charge is -2.31. The molecule has 10 aromatic rings. The van der Waals surface area contributed by atoms with E-state index in [0.717, 1.165) is 68.7 Å². The van der Waals surface area contributed by atoms with Gasteiger partial charge in [-0.15, -0.1) is 0 Å². The summed E-state index contributed by atoms with van der Waals surface area (Å²) in [5.74, 6) is 2.46. The van der Waals surface area contributed by atoms with Gasteiger partial charge in [-0.2, -0.15) is 0 Å². The first-order chi connectivity index (χ1) is 32.2. The highest BCUT2D eigenvalue weighted by atomic mass is 15.2. The average molecular weight is 839 g/mol. The van der Waals surface area contributed by atoms with E-state index in [4.69, 9.17) is 0 Å². The summed E-state index contributed by atoms with van der Waals surface area (Å²) >= 11 is 0. The Morgan fingerprint density at radius 2 is 0.754 bits per heavy atom. The fraction of sp³-hybridized carbons (Fsp3) is 0.115. The molecule has 314 valence electrons. The lowest BCUT2D eigenvalue weighted by atomic mass is 9.83. The lowest BCUT2D eigenvalue weighted by molar-refractivity contribution is 0.420. The van der Waals surface area contributed by atoms with Crippen LogP contribution in [0.3, 0.4) is 0 Å². The first-order valence-electron chi connectivity index (χ1n) is 23.2. The third-order valence-corrected chi connectivity index (χ3v) is 14.0. The van der Waals surface area contributed by atoms with Crippen molar-refractivity contribution < 1.29 is 0 Å². The molecule has 0 aliphatic heterocycles. The van der Waals surface area contributed by atoms with Gasteiger partial charge >= 0.3 is 0 Å². The molecule has 9 aromatic carbocycles. The second-order valence-electron chi connectivity index (χ2n) is 17.8. The van der Waals surface area contributed by atoms with Gasteiger partial charge in [-0.1, -0.05) is 122 Å². The summed E-state index contributed by atoms with van der Waals surface area (Å²) in [6, 6.07) is 86.1. The first-order valence-corrected chi connectivity index (χ1v) is 23.2. The molecule has 0 N–H and O–H groups in total. The smallest absolute Gasteiger partial charge is 0.0542 e. The van der Waals surface area contributed by atoms with Gasteiger partial charge in [0.25, 0.3) is 0 Å². The number of anilines is 9. The van der Waals surface area contributed by atoms with Crippen LogP contribution in [0.15, 0.2) is 237 Å². The molecule has 2 aliphatic rings. The van der Waals surface area contributed by atoms with Crippen molar-refractivity contribution in [1.82, 2.24) is 4.57 Å². The quantitative estimate of drug-likeness (QED) is 0.129. The standard InChI is InChI=1S/C61H50N4/c1-5-17-47(18-6-1)62(48-19-7-2-8-20-48)52-25-15-27-54(41-52)64(56-37-38-61-59(43-56)57-29-13-14-30-60(57)65(61)50-23-11-4-12-24-50)55-28-16-26-53(42-55)63(49-21-9-3-10-22-49)51-35-33-45(34-36-51)58-40-44-31-32-46(58)39-44/h1-30,33-38,41-44,46,58H,31-32,39-40H2. The van der Waals surface area contributed by atoms with Gasteiger partial charge < -0.3 is 19.3 Å². The van der Waals surface area contributed by atoms with Crippen LogP contribution >= 0.6 is 0 Å². The van der Waals surface area contributed by atoms with Crippen LogP contribution in [0.4, 0.5) is 51.2 Å². The third kappa shape index (κ3) is 7.22. The normalized spacial score (nSPS) is 16.5. The minimum absolute atomic E-state index is 0.694. The maximum absolute atomic E-state index is 2.43. The zero-order chi connectivity index (χ0) is 43.1. The van der Waals surface area contributed by atoms with Gasteiger partial charge in [0.1, 0.15) is 0 Å². The van der Waals surface area contributed by atoms with Crippen LogP contribution in [0, 0.1) is 11.8 Å². The SMILES string of the molecule is c1ccc(N(c2ccccc2)c2cccc(N(c3cccc(N(c4ccccc4)c4ccc(C5CC6CCC5C6)cc4)c3)c3ccc4c(c3)c3ccccc3n4-c3ccccc3)c2)cc1. The van der Waals surface area contributed by atoms with Crippen LogP contribution in [-0.4, -0.2) is 4.57 Å². The minimum atomic E-state index is 0.694. The Morgan fingerprint density at radius 1 is 0.323 bits per heavy atom. The van der Waals surface area contributed by atoms with Crippen molar-refractivity contribution >= 4 is 73.0 Å². The van der Waals surface area contributed by atoms with E-state index >= 15 is 0 Å². The fourth-order valence-corrected chi connectivity index (χ4v) is 11.1. The molecule has 1 aromatic heterocycles. The molecule has 0 radical (unpaired) electrons. The summed E-state index contributed by atoms with van der Waals surface area (Å²) in [6.07, 6.45) is 5.56. The van der Waals surface area contributed by atoms with Gasteiger partial charge in [-0.3, -0.25) is 0 Å². The number of para-hydroxylation sites is 5. The molecule has 65 heavy (non-hydrogen) atoms. The van der Waals surface area contributed by atoms with Crippen molar-refractivity contribution in [3.8, 4) is 5.69 Å². The predicted molar refractivity (Wildman–Crippen MR) is 273 cm³/mol. The van der Waals surface area contributed by atoms with E-state index in [1.165, 1.54) is 53.1 Å². The van der Waals surface area contributed by atoms with E-state index in [1.807, 2.05) is 0 Å². The molecule has 4 nitrogen and oxygen atoms in total. The van der Waals surface area contributed by atoms with Crippen LogP contribution in [0.1, 0.15) is 37.2 Å². The van der Waals surface area contributed by atoms with E-state index in [2.05, 4.69) is 256 Å². The van der Waals surface area contributed by atoms with Crippen LogP contribution in [0.5, 0.6) is 0 Å². The van der Waals surface area contributed by atoms with Crippen LogP contribution < -0.4 is 14.7 Å². The molecular formula is C61H50N4. The molecule has 3 atom stereocenters. The second-order valence-corrected chi connectivity index (χ2v) is 17.8. The summed E-state index contributed by atoms with van der Waals surface area (Å²) in [7, 11) is 0. The van der Waals surface area contributed by atoms with Gasteiger partial charge in [0.15, 0.2) is 0 Å². The third-order valence-electron chi connectivity index (χ3n) is 14.0. The number of fused-ring (bicyclic) bond motifs is 5. The number of benzene rings is 9. The van der Waals surface area contributed by atoms with E-state index < -0.39 is 0 Å². The summed E-state index contributed by atoms with van der Waals surface area (Å²) in [4.78, 5) is 7.18. The Labute approximate surface area is 381 Å². The maximum atomic E-state index is 2.43. The zero-order valence-electron chi connectivity index (χ0n) is 36.4. The Morgan fingerprint density at radius 3 is 1.28 bits per heavy atom. The van der Waals surface area contributed by atoms with Crippen LogP contribution in [0.2, 0.25) is 0 Å².